The molecule has 1 N–H and O–H groups in total. The summed E-state index contributed by atoms with van der Waals surface area (Å²) in [6.45, 7) is 0.513. The lowest BCUT2D eigenvalue weighted by molar-refractivity contribution is -0.00765. The van der Waals surface area contributed by atoms with Gasteiger partial charge in [0.25, 0.3) is 5.91 Å². The molecule has 8 heteroatoms. The molecule has 0 atom stereocenters. The Morgan fingerprint density at radius 1 is 0.947 bits per heavy atom. The predicted octanol–water partition coefficient (Wildman–Crippen LogP) is 7.25. The van der Waals surface area contributed by atoms with Gasteiger partial charge in [0.05, 0.1) is 28.0 Å². The first kappa shape index (κ1) is 24.2. The van der Waals surface area contributed by atoms with Crippen molar-refractivity contribution >= 4 is 39.3 Å². The number of carbonyl (C=O) groups excluding carboxylic acids is 1. The summed E-state index contributed by atoms with van der Waals surface area (Å²) in [4.78, 5) is 13.9. The van der Waals surface area contributed by atoms with Crippen LogP contribution in [0.25, 0.3) is 5.69 Å². The van der Waals surface area contributed by atoms with Crippen LogP contribution in [-0.2, 0) is 12.0 Å². The highest BCUT2D eigenvalue weighted by Gasteiger charge is 2.54. The molecule has 38 heavy (non-hydrogen) atoms. The summed E-state index contributed by atoms with van der Waals surface area (Å²) in [5.41, 5.74) is 3.54. The van der Waals surface area contributed by atoms with E-state index in [2.05, 4.69) is 26.3 Å². The highest BCUT2D eigenvalue weighted by Crippen LogP contribution is 2.61. The van der Waals surface area contributed by atoms with E-state index in [0.717, 1.165) is 58.4 Å². The lowest BCUT2D eigenvalue weighted by Crippen LogP contribution is -2.49. The summed E-state index contributed by atoms with van der Waals surface area (Å²) in [5.74, 6) is 2.60. The molecule has 0 spiro atoms. The van der Waals surface area contributed by atoms with Crippen LogP contribution in [0.2, 0.25) is 5.02 Å². The smallest absolute Gasteiger partial charge is 0.260 e. The lowest BCUT2D eigenvalue weighted by Gasteiger charge is -2.56. The third-order valence-electron chi connectivity index (χ3n) is 8.76. The van der Waals surface area contributed by atoms with Gasteiger partial charge in [0.15, 0.2) is 5.82 Å². The predicted molar refractivity (Wildman–Crippen MR) is 152 cm³/mol. The van der Waals surface area contributed by atoms with Crippen LogP contribution < -0.4 is 5.32 Å². The highest BCUT2D eigenvalue weighted by atomic mass is 79.9. The monoisotopic (exact) mass is 589 g/mol. The zero-order valence-corrected chi connectivity index (χ0v) is 23.3. The molecule has 0 unspecified atom stereocenters. The normalized spacial score (nSPS) is 25.6. The van der Waals surface area contributed by atoms with Gasteiger partial charge < -0.3 is 5.32 Å². The van der Waals surface area contributed by atoms with Crippen molar-refractivity contribution in [2.24, 2.45) is 17.8 Å². The number of hydrogen-bond donors (Lipinski definition) is 1. The van der Waals surface area contributed by atoms with E-state index in [1.165, 1.54) is 19.3 Å². The number of nitrogens with one attached hydrogen (secondary N) is 1. The van der Waals surface area contributed by atoms with Crippen LogP contribution in [0.1, 0.15) is 60.1 Å². The highest BCUT2D eigenvalue weighted by molar-refractivity contribution is 9.10. The average Bonchev–Trinajstić information content (AvgIpc) is 3.50. The number of nitrogens with zero attached hydrogens (tertiary/aromatic N) is 4. The van der Waals surface area contributed by atoms with Gasteiger partial charge in [-0.3, -0.25) is 9.48 Å². The maximum atomic E-state index is 13.9. The molecule has 2 aromatic heterocycles. The van der Waals surface area contributed by atoms with Gasteiger partial charge in [-0.1, -0.05) is 48.0 Å². The van der Waals surface area contributed by atoms with Crippen molar-refractivity contribution in [2.75, 3.05) is 5.32 Å². The molecule has 0 saturated heterocycles. The number of hydrogen-bond acceptors (Lipinski definition) is 3. The Kier molecular flexibility index (Phi) is 5.97. The van der Waals surface area contributed by atoms with Gasteiger partial charge in [-0.15, -0.1) is 0 Å². The number of benzene rings is 2. The van der Waals surface area contributed by atoms with Crippen LogP contribution in [-0.4, -0.2) is 25.5 Å². The molecule has 8 rings (SSSR count). The quantitative estimate of drug-likeness (QED) is 0.257. The molecule has 6 nitrogen and oxygen atoms in total. The lowest BCUT2D eigenvalue weighted by atomic mass is 9.48. The van der Waals surface area contributed by atoms with E-state index in [1.54, 1.807) is 4.68 Å². The van der Waals surface area contributed by atoms with Crippen molar-refractivity contribution in [3.63, 3.8) is 0 Å². The van der Waals surface area contributed by atoms with Crippen LogP contribution in [0.15, 0.2) is 71.5 Å². The van der Waals surface area contributed by atoms with Gasteiger partial charge in [0.2, 0.25) is 0 Å². The maximum Gasteiger partial charge on any atom is 0.260 e. The van der Waals surface area contributed by atoms with Gasteiger partial charge in [-0.2, -0.15) is 10.2 Å². The Hall–Kier alpha value is -2.90. The molecule has 1 amide bonds. The summed E-state index contributed by atoms with van der Waals surface area (Å²) in [5, 5.41) is 13.6. The molecule has 0 radical (unpaired) electrons. The maximum absolute atomic E-state index is 13.9. The second-order valence-corrected chi connectivity index (χ2v) is 12.7. The van der Waals surface area contributed by atoms with E-state index < -0.39 is 0 Å². The SMILES string of the molecule is O=C(Nc1nn(Cc2ccccc2Cl)cc1Br)c1cn(-c2ccccc2)nc1C12CC3CC(CC(C3)C1)C2. The van der Waals surface area contributed by atoms with Crippen molar-refractivity contribution in [3.05, 3.63) is 93.3 Å². The third kappa shape index (κ3) is 4.30. The fourth-order valence-corrected chi connectivity index (χ4v) is 8.19. The summed E-state index contributed by atoms with van der Waals surface area (Å²) in [6, 6.07) is 17.8. The van der Waals surface area contributed by atoms with Crippen LogP contribution in [0, 0.1) is 17.8 Å². The summed E-state index contributed by atoms with van der Waals surface area (Å²) in [7, 11) is 0. The van der Waals surface area contributed by atoms with Crippen LogP contribution in [0.5, 0.6) is 0 Å². The van der Waals surface area contributed by atoms with Gasteiger partial charge in [-0.25, -0.2) is 4.68 Å². The van der Waals surface area contributed by atoms with Crippen molar-refractivity contribution in [1.29, 1.82) is 0 Å². The number of carbonyl (C=O) groups is 1. The van der Waals surface area contributed by atoms with E-state index in [9.17, 15) is 4.79 Å². The van der Waals surface area contributed by atoms with Crippen molar-refractivity contribution in [1.82, 2.24) is 19.6 Å². The number of anilines is 1. The third-order valence-corrected chi connectivity index (χ3v) is 9.71. The van der Waals surface area contributed by atoms with Crippen LogP contribution in [0.4, 0.5) is 5.82 Å². The first-order chi connectivity index (χ1) is 18.5. The van der Waals surface area contributed by atoms with E-state index in [0.29, 0.717) is 22.9 Å². The largest absolute Gasteiger partial charge is 0.304 e. The van der Waals surface area contributed by atoms with Crippen LogP contribution in [0.3, 0.4) is 0 Å². The minimum absolute atomic E-state index is 0.0118. The molecular formula is C30H29BrClN5O. The van der Waals surface area contributed by atoms with Gasteiger partial charge in [0.1, 0.15) is 0 Å². The second kappa shape index (κ2) is 9.38. The van der Waals surface area contributed by atoms with E-state index in [-0.39, 0.29) is 11.3 Å². The van der Waals surface area contributed by atoms with Gasteiger partial charge in [0, 0.05) is 22.8 Å². The summed E-state index contributed by atoms with van der Waals surface area (Å²) in [6.07, 6.45) is 11.2. The Balaban J connectivity index is 1.22. The van der Waals surface area contributed by atoms with Crippen molar-refractivity contribution < 1.29 is 4.79 Å². The Morgan fingerprint density at radius 2 is 1.61 bits per heavy atom. The van der Waals surface area contributed by atoms with Crippen molar-refractivity contribution in [2.45, 2.75) is 50.5 Å². The van der Waals surface area contributed by atoms with E-state index in [1.807, 2.05) is 71.7 Å². The summed E-state index contributed by atoms with van der Waals surface area (Å²) >= 11 is 9.94. The second-order valence-electron chi connectivity index (χ2n) is 11.4. The van der Waals surface area contributed by atoms with Crippen LogP contribution >= 0.6 is 27.5 Å². The molecule has 0 aliphatic heterocycles. The summed E-state index contributed by atoms with van der Waals surface area (Å²) < 4.78 is 4.40. The van der Waals surface area contributed by atoms with Crippen molar-refractivity contribution in [3.8, 4) is 5.69 Å². The molecule has 4 aliphatic rings. The molecule has 4 aromatic rings. The number of para-hydroxylation sites is 1. The number of amides is 1. The number of rotatable bonds is 6. The first-order valence-electron chi connectivity index (χ1n) is 13.4. The molecule has 4 saturated carbocycles. The fraction of sp³-hybridized carbons (Fsp3) is 0.367. The van der Waals surface area contributed by atoms with E-state index in [4.69, 9.17) is 16.7 Å². The topological polar surface area (TPSA) is 64.7 Å². The molecule has 4 aliphatic carbocycles. The minimum Gasteiger partial charge on any atom is -0.304 e. The first-order valence-corrected chi connectivity index (χ1v) is 14.6. The Morgan fingerprint density at radius 3 is 2.29 bits per heavy atom. The zero-order chi connectivity index (χ0) is 25.9. The van der Waals surface area contributed by atoms with E-state index >= 15 is 0 Å². The fourth-order valence-electron chi connectivity index (χ4n) is 7.58. The molecule has 4 bridgehead atoms. The molecule has 2 aromatic carbocycles. The zero-order valence-electron chi connectivity index (χ0n) is 21.0. The molecule has 2 heterocycles. The minimum atomic E-state index is -0.165. The Bertz CT molecular complexity index is 1470. The molecular weight excluding hydrogens is 562 g/mol. The average molecular weight is 591 g/mol. The number of aromatic nitrogens is 4. The standard InChI is InChI=1S/C30H29BrClN5O/c31-25-18-36(16-22-6-4-5-9-26(22)32)35-28(25)33-29(38)24-17-37(23-7-2-1-3-8-23)34-27(24)30-13-19-10-20(14-30)12-21(11-19)15-30/h1-9,17-21H,10-16H2,(H,33,35,38). The molecule has 194 valence electrons. The Labute approximate surface area is 235 Å². The number of halogens is 2. The van der Waals surface area contributed by atoms with Gasteiger partial charge >= 0.3 is 0 Å². The van der Waals surface area contributed by atoms with Gasteiger partial charge in [-0.05, 0) is 96.0 Å². The molecule has 4 fully saturated rings.